The van der Waals surface area contributed by atoms with Gasteiger partial charge in [0.2, 0.25) is 5.91 Å². The van der Waals surface area contributed by atoms with Crippen molar-refractivity contribution in [2.75, 3.05) is 17.3 Å². The van der Waals surface area contributed by atoms with E-state index in [2.05, 4.69) is 0 Å². The number of benzene rings is 1. The van der Waals surface area contributed by atoms with Gasteiger partial charge in [0.05, 0.1) is 6.07 Å². The van der Waals surface area contributed by atoms with Crippen molar-refractivity contribution in [1.29, 1.82) is 5.26 Å². The third kappa shape index (κ3) is 2.71. The van der Waals surface area contributed by atoms with Crippen molar-refractivity contribution in [2.45, 2.75) is 6.92 Å². The molecule has 1 aromatic carbocycles. The number of hydrogen-bond donors (Lipinski definition) is 0. The average molecular weight is 241 g/mol. The van der Waals surface area contributed by atoms with Crippen molar-refractivity contribution in [1.82, 2.24) is 0 Å². The van der Waals surface area contributed by atoms with E-state index in [0.717, 1.165) is 0 Å². The molecule has 0 N–H and O–H groups in total. The van der Waals surface area contributed by atoms with Crippen LogP contribution in [0.2, 0.25) is 0 Å². The van der Waals surface area contributed by atoms with Crippen LogP contribution in [0.25, 0.3) is 0 Å². The van der Waals surface area contributed by atoms with Crippen LogP contribution in [-0.2, 0) is 4.79 Å². The number of hydrogen-bond acceptors (Lipinski definition) is 2. The number of nitrogens with zero attached hydrogens (tertiary/aromatic N) is 2. The van der Waals surface area contributed by atoms with E-state index in [1.807, 2.05) is 6.07 Å². The van der Waals surface area contributed by atoms with Crippen LogP contribution in [0.5, 0.6) is 0 Å². The molecule has 0 radical (unpaired) electrons. The first-order valence-corrected chi connectivity index (χ1v) is 5.13. The molecule has 0 aliphatic heterocycles. The van der Waals surface area contributed by atoms with Gasteiger partial charge >= 0.3 is 0 Å². The van der Waals surface area contributed by atoms with Gasteiger partial charge in [-0.15, -0.1) is 11.6 Å². The average Bonchev–Trinajstić information content (AvgIpc) is 2.26. The first-order valence-electron chi connectivity index (χ1n) is 4.59. The van der Waals surface area contributed by atoms with Crippen molar-refractivity contribution in [2.24, 2.45) is 0 Å². The van der Waals surface area contributed by atoms with Crippen LogP contribution >= 0.6 is 11.6 Å². The minimum absolute atomic E-state index is 0.0992. The van der Waals surface area contributed by atoms with Crippen molar-refractivity contribution in [3.8, 4) is 6.07 Å². The largest absolute Gasteiger partial charge is 0.297 e. The lowest BCUT2D eigenvalue weighted by Crippen LogP contribution is -2.32. The summed E-state index contributed by atoms with van der Waals surface area (Å²) in [5.41, 5.74) is 1.10. The molecular formula is C11H10ClFN2O. The predicted octanol–water partition coefficient (Wildman–Crippen LogP) is 2.23. The maximum atomic E-state index is 12.9. The molecule has 0 aliphatic carbocycles. The lowest BCUT2D eigenvalue weighted by Gasteiger charge is -2.20. The number of nitriles is 1. The van der Waals surface area contributed by atoms with Gasteiger partial charge in [0, 0.05) is 5.69 Å². The fraction of sp³-hybridized carbons (Fsp3) is 0.273. The number of amides is 1. The fourth-order valence-electron chi connectivity index (χ4n) is 1.37. The van der Waals surface area contributed by atoms with Crippen molar-refractivity contribution in [3.63, 3.8) is 0 Å². The molecule has 84 valence electrons. The molecule has 0 aliphatic rings. The van der Waals surface area contributed by atoms with Gasteiger partial charge in [0.1, 0.15) is 18.2 Å². The summed E-state index contributed by atoms with van der Waals surface area (Å²) in [5, 5.41) is 8.63. The van der Waals surface area contributed by atoms with Crippen LogP contribution in [-0.4, -0.2) is 18.3 Å². The van der Waals surface area contributed by atoms with Gasteiger partial charge in [-0.1, -0.05) is 0 Å². The topological polar surface area (TPSA) is 44.1 Å². The summed E-state index contributed by atoms with van der Waals surface area (Å²) in [6.07, 6.45) is 0. The number of anilines is 1. The van der Waals surface area contributed by atoms with Crippen LogP contribution in [0.4, 0.5) is 10.1 Å². The third-order valence-corrected chi connectivity index (χ3v) is 2.32. The molecule has 0 fully saturated rings. The second kappa shape index (κ2) is 5.47. The van der Waals surface area contributed by atoms with Crippen LogP contribution in [0.3, 0.4) is 0 Å². The van der Waals surface area contributed by atoms with Gasteiger partial charge in [-0.3, -0.25) is 9.69 Å². The standard InChI is InChI=1S/C11H10ClFN2O/c1-8-6-9(13)2-3-10(8)15(5-4-14)11(16)7-12/h2-3,6H,5,7H2,1H3. The van der Waals surface area contributed by atoms with Crippen LogP contribution in [0.15, 0.2) is 18.2 Å². The maximum Gasteiger partial charge on any atom is 0.242 e. The molecule has 0 aromatic heterocycles. The molecule has 5 heteroatoms. The summed E-state index contributed by atoms with van der Waals surface area (Å²) in [6.45, 7) is 1.57. The second-order valence-corrected chi connectivity index (χ2v) is 3.47. The van der Waals surface area contributed by atoms with Crippen LogP contribution in [0.1, 0.15) is 5.56 Å². The number of alkyl halides is 1. The Morgan fingerprint density at radius 3 is 2.81 bits per heavy atom. The zero-order valence-corrected chi connectivity index (χ0v) is 9.46. The zero-order valence-electron chi connectivity index (χ0n) is 8.70. The molecule has 1 aromatic rings. The van der Waals surface area contributed by atoms with Gasteiger partial charge in [-0.05, 0) is 30.7 Å². The highest BCUT2D eigenvalue weighted by atomic mass is 35.5. The minimum Gasteiger partial charge on any atom is -0.297 e. The molecule has 16 heavy (non-hydrogen) atoms. The summed E-state index contributed by atoms with van der Waals surface area (Å²) in [6, 6.07) is 5.89. The fourth-order valence-corrected chi connectivity index (χ4v) is 1.52. The molecule has 0 unspecified atom stereocenters. The Labute approximate surface area is 98.0 Å². The van der Waals surface area contributed by atoms with E-state index in [4.69, 9.17) is 16.9 Å². The predicted molar refractivity (Wildman–Crippen MR) is 59.8 cm³/mol. The van der Waals surface area contributed by atoms with Crippen LogP contribution < -0.4 is 4.90 Å². The maximum absolute atomic E-state index is 12.9. The molecule has 1 rings (SSSR count). The quantitative estimate of drug-likeness (QED) is 0.601. The number of carbonyl (C=O) groups is 1. The highest BCUT2D eigenvalue weighted by molar-refractivity contribution is 6.29. The Morgan fingerprint density at radius 2 is 2.31 bits per heavy atom. The number of halogens is 2. The van der Waals surface area contributed by atoms with Crippen LogP contribution in [0, 0.1) is 24.1 Å². The lowest BCUT2D eigenvalue weighted by atomic mass is 10.1. The SMILES string of the molecule is Cc1cc(F)ccc1N(CC#N)C(=O)CCl. The Kier molecular flexibility index (Phi) is 4.27. The Bertz CT molecular complexity index is 442. The molecule has 0 heterocycles. The molecule has 1 amide bonds. The summed E-state index contributed by atoms with van der Waals surface area (Å²) in [5.74, 6) is -0.965. The van der Waals surface area contributed by atoms with Crippen molar-refractivity contribution in [3.05, 3.63) is 29.6 Å². The van der Waals surface area contributed by atoms with E-state index in [9.17, 15) is 9.18 Å². The second-order valence-electron chi connectivity index (χ2n) is 3.20. The van der Waals surface area contributed by atoms with E-state index in [-0.39, 0.29) is 24.1 Å². The van der Waals surface area contributed by atoms with E-state index < -0.39 is 0 Å². The third-order valence-electron chi connectivity index (χ3n) is 2.09. The Balaban J connectivity index is 3.11. The normalized spacial score (nSPS) is 9.62. The first-order chi connectivity index (χ1) is 7.60. The van der Waals surface area contributed by atoms with E-state index >= 15 is 0 Å². The molecular weight excluding hydrogens is 231 g/mol. The molecule has 0 spiro atoms. The summed E-state index contributed by atoms with van der Waals surface area (Å²) < 4.78 is 12.9. The van der Waals surface area contributed by atoms with Gasteiger partial charge in [-0.25, -0.2) is 4.39 Å². The number of carbonyl (C=O) groups excluding carboxylic acids is 1. The van der Waals surface area contributed by atoms with Gasteiger partial charge in [0.15, 0.2) is 0 Å². The smallest absolute Gasteiger partial charge is 0.242 e. The van der Waals surface area contributed by atoms with Gasteiger partial charge in [-0.2, -0.15) is 5.26 Å². The molecule has 0 bridgehead atoms. The highest BCUT2D eigenvalue weighted by Crippen LogP contribution is 2.21. The van der Waals surface area contributed by atoms with Crippen molar-refractivity contribution >= 4 is 23.2 Å². The van der Waals surface area contributed by atoms with E-state index in [0.29, 0.717) is 11.3 Å². The molecule has 0 saturated heterocycles. The molecule has 0 saturated carbocycles. The van der Waals surface area contributed by atoms with E-state index in [1.165, 1.54) is 23.1 Å². The Hall–Kier alpha value is -1.60. The number of aryl methyl sites for hydroxylation is 1. The van der Waals surface area contributed by atoms with E-state index in [1.54, 1.807) is 6.92 Å². The summed E-state index contributed by atoms with van der Waals surface area (Å²) in [7, 11) is 0. The minimum atomic E-state index is -0.378. The molecule has 3 nitrogen and oxygen atoms in total. The van der Waals surface area contributed by atoms with Gasteiger partial charge in [0.25, 0.3) is 0 Å². The lowest BCUT2D eigenvalue weighted by molar-refractivity contribution is -0.116. The Morgan fingerprint density at radius 1 is 1.62 bits per heavy atom. The monoisotopic (exact) mass is 240 g/mol. The zero-order chi connectivity index (χ0) is 12.1. The summed E-state index contributed by atoms with van der Waals surface area (Å²) in [4.78, 5) is 12.7. The summed E-state index contributed by atoms with van der Waals surface area (Å²) >= 11 is 5.44. The first kappa shape index (κ1) is 12.5. The number of rotatable bonds is 3. The molecule has 0 atom stereocenters. The van der Waals surface area contributed by atoms with Crippen molar-refractivity contribution < 1.29 is 9.18 Å². The van der Waals surface area contributed by atoms with Gasteiger partial charge < -0.3 is 0 Å². The highest BCUT2D eigenvalue weighted by Gasteiger charge is 2.16.